The number of benzene rings is 2. The van der Waals surface area contributed by atoms with E-state index in [0.717, 1.165) is 21.3 Å². The monoisotopic (exact) mass is 363 g/mol. The summed E-state index contributed by atoms with van der Waals surface area (Å²) in [4.78, 5) is 14.6. The van der Waals surface area contributed by atoms with Gasteiger partial charge in [0.25, 0.3) is 15.7 Å². The second-order valence-electron chi connectivity index (χ2n) is 5.23. The van der Waals surface area contributed by atoms with Crippen molar-refractivity contribution in [3.63, 3.8) is 0 Å². The van der Waals surface area contributed by atoms with E-state index in [0.29, 0.717) is 11.3 Å². The van der Waals surface area contributed by atoms with Gasteiger partial charge >= 0.3 is 0 Å². The van der Waals surface area contributed by atoms with Gasteiger partial charge in [-0.05, 0) is 38.1 Å². The third kappa shape index (κ3) is 3.08. The summed E-state index contributed by atoms with van der Waals surface area (Å²) < 4.78 is 28.3. The Labute approximate surface area is 142 Å². The number of hydrogen-bond donors (Lipinski definition) is 1. The highest BCUT2D eigenvalue weighted by atomic mass is 32.2. The fourth-order valence-corrected chi connectivity index (χ4v) is 4.21. The van der Waals surface area contributed by atoms with Crippen molar-refractivity contribution in [1.29, 1.82) is 0 Å². The third-order valence-electron chi connectivity index (χ3n) is 3.44. The van der Waals surface area contributed by atoms with Crippen LogP contribution in [0.2, 0.25) is 0 Å². The van der Waals surface area contributed by atoms with E-state index in [2.05, 4.69) is 9.71 Å². The Morgan fingerprint density at radius 2 is 1.92 bits per heavy atom. The summed E-state index contributed by atoms with van der Waals surface area (Å²) in [6.45, 7) is 3.43. The molecule has 124 valence electrons. The van der Waals surface area contributed by atoms with Gasteiger partial charge in [-0.3, -0.25) is 14.8 Å². The molecule has 0 fully saturated rings. The van der Waals surface area contributed by atoms with E-state index in [1.54, 1.807) is 25.1 Å². The summed E-state index contributed by atoms with van der Waals surface area (Å²) in [7, 11) is -3.92. The number of rotatable bonds is 4. The van der Waals surface area contributed by atoms with Crippen LogP contribution in [0.1, 0.15) is 10.6 Å². The Kier molecular flexibility index (Phi) is 3.98. The fraction of sp³-hybridized carbons (Fsp3) is 0.133. The van der Waals surface area contributed by atoms with Crippen LogP contribution in [0.25, 0.3) is 10.2 Å². The summed E-state index contributed by atoms with van der Waals surface area (Å²) in [5.74, 6) is 0. The summed E-state index contributed by atoms with van der Waals surface area (Å²) in [5.41, 5.74) is 1.35. The van der Waals surface area contributed by atoms with Crippen molar-refractivity contribution in [2.75, 3.05) is 4.72 Å². The topological polar surface area (TPSA) is 102 Å². The number of nitro groups is 1. The zero-order valence-electron chi connectivity index (χ0n) is 12.8. The van der Waals surface area contributed by atoms with Gasteiger partial charge in [0.2, 0.25) is 0 Å². The van der Waals surface area contributed by atoms with Gasteiger partial charge < -0.3 is 0 Å². The molecule has 1 aromatic heterocycles. The average molecular weight is 363 g/mol. The number of fused-ring (bicyclic) bond motifs is 1. The predicted molar refractivity (Wildman–Crippen MR) is 93.0 cm³/mol. The predicted octanol–water partition coefficient (Wildman–Crippen LogP) is 3.62. The number of nitrogens with one attached hydrogen (secondary N) is 1. The minimum absolute atomic E-state index is 0.152. The first-order valence-electron chi connectivity index (χ1n) is 6.91. The van der Waals surface area contributed by atoms with Crippen LogP contribution in [0.3, 0.4) is 0 Å². The minimum Gasteiger partial charge on any atom is -0.280 e. The average Bonchev–Trinajstić information content (AvgIpc) is 2.86. The number of nitrogens with zero attached hydrogens (tertiary/aromatic N) is 2. The molecule has 3 rings (SSSR count). The van der Waals surface area contributed by atoms with Crippen LogP contribution in [0.15, 0.2) is 41.3 Å². The molecule has 0 spiro atoms. The maximum atomic E-state index is 12.5. The summed E-state index contributed by atoms with van der Waals surface area (Å²) in [6, 6.07) is 8.87. The van der Waals surface area contributed by atoms with Crippen molar-refractivity contribution in [2.45, 2.75) is 18.7 Å². The second kappa shape index (κ2) is 5.84. The van der Waals surface area contributed by atoms with Crippen LogP contribution in [-0.4, -0.2) is 18.3 Å². The molecular weight excluding hydrogens is 350 g/mol. The zero-order chi connectivity index (χ0) is 17.5. The van der Waals surface area contributed by atoms with Gasteiger partial charge in [-0.2, -0.15) is 0 Å². The van der Waals surface area contributed by atoms with Gasteiger partial charge in [-0.25, -0.2) is 13.4 Å². The number of aromatic nitrogens is 1. The van der Waals surface area contributed by atoms with Crippen LogP contribution in [0.5, 0.6) is 0 Å². The molecule has 0 aliphatic heterocycles. The molecule has 0 unspecified atom stereocenters. The highest BCUT2D eigenvalue weighted by Gasteiger charge is 2.20. The lowest BCUT2D eigenvalue weighted by Gasteiger charge is -2.08. The summed E-state index contributed by atoms with van der Waals surface area (Å²) in [5, 5.41) is 11.9. The molecule has 0 aliphatic carbocycles. The number of hydrogen-bond acceptors (Lipinski definition) is 6. The quantitative estimate of drug-likeness (QED) is 0.563. The van der Waals surface area contributed by atoms with Gasteiger partial charge in [0.1, 0.15) is 0 Å². The highest BCUT2D eigenvalue weighted by molar-refractivity contribution is 7.92. The fourth-order valence-electron chi connectivity index (χ4n) is 2.27. The first kappa shape index (κ1) is 16.3. The molecule has 0 saturated carbocycles. The molecule has 9 heteroatoms. The molecule has 0 atom stereocenters. The first-order chi connectivity index (χ1) is 11.3. The van der Waals surface area contributed by atoms with Gasteiger partial charge in [-0.15, -0.1) is 11.3 Å². The molecule has 0 saturated heterocycles. The van der Waals surface area contributed by atoms with Crippen molar-refractivity contribution < 1.29 is 13.3 Å². The summed E-state index contributed by atoms with van der Waals surface area (Å²) >= 11 is 1.46. The van der Waals surface area contributed by atoms with Crippen LogP contribution < -0.4 is 4.72 Å². The maximum Gasteiger partial charge on any atom is 0.273 e. The lowest BCUT2D eigenvalue weighted by Crippen LogP contribution is -2.13. The third-order valence-corrected chi connectivity index (χ3v) is 5.75. The molecule has 2 aromatic carbocycles. The van der Waals surface area contributed by atoms with Crippen molar-refractivity contribution in [3.8, 4) is 0 Å². The van der Waals surface area contributed by atoms with Crippen LogP contribution in [-0.2, 0) is 10.0 Å². The van der Waals surface area contributed by atoms with E-state index >= 15 is 0 Å². The Bertz CT molecular complexity index is 1060. The molecule has 3 aromatic rings. The Morgan fingerprint density at radius 1 is 1.17 bits per heavy atom. The van der Waals surface area contributed by atoms with Gasteiger partial charge in [-0.1, -0.05) is 6.07 Å². The molecule has 24 heavy (non-hydrogen) atoms. The van der Waals surface area contributed by atoms with E-state index in [1.807, 2.05) is 6.92 Å². The molecule has 1 heterocycles. The van der Waals surface area contributed by atoms with Crippen molar-refractivity contribution in [1.82, 2.24) is 4.98 Å². The maximum absolute atomic E-state index is 12.5. The highest BCUT2D eigenvalue weighted by Crippen LogP contribution is 2.27. The van der Waals surface area contributed by atoms with Crippen LogP contribution in [0.4, 0.5) is 11.4 Å². The molecule has 7 nitrogen and oxygen atoms in total. The van der Waals surface area contributed by atoms with E-state index in [9.17, 15) is 18.5 Å². The zero-order valence-corrected chi connectivity index (χ0v) is 14.4. The normalized spacial score (nSPS) is 11.6. The van der Waals surface area contributed by atoms with Crippen molar-refractivity contribution in [2.24, 2.45) is 0 Å². The second-order valence-corrected chi connectivity index (χ2v) is 8.14. The molecular formula is C15H13N3O4S2. The van der Waals surface area contributed by atoms with E-state index < -0.39 is 14.9 Å². The van der Waals surface area contributed by atoms with E-state index in [-0.39, 0.29) is 10.6 Å². The largest absolute Gasteiger partial charge is 0.280 e. The standard InChI is InChI=1S/C15H13N3O4S2/c1-9-3-5-12(8-14(9)18(19)20)24(21,22)17-11-4-6-13-15(7-11)23-10(2)16-13/h3-8,17H,1-2H3. The lowest BCUT2D eigenvalue weighted by molar-refractivity contribution is -0.385. The first-order valence-corrected chi connectivity index (χ1v) is 9.21. The molecule has 0 aliphatic rings. The minimum atomic E-state index is -3.92. The van der Waals surface area contributed by atoms with Gasteiger partial charge in [0, 0.05) is 11.6 Å². The molecule has 0 amide bonds. The number of anilines is 1. The molecule has 0 radical (unpaired) electrons. The SMILES string of the molecule is Cc1nc2ccc(NS(=O)(=O)c3ccc(C)c([N+](=O)[O-])c3)cc2s1. The van der Waals surface area contributed by atoms with E-state index in [4.69, 9.17) is 0 Å². The van der Waals surface area contributed by atoms with E-state index in [1.165, 1.54) is 23.5 Å². The van der Waals surface area contributed by atoms with Gasteiger partial charge in [0.15, 0.2) is 0 Å². The smallest absolute Gasteiger partial charge is 0.273 e. The van der Waals surface area contributed by atoms with Crippen LogP contribution >= 0.6 is 11.3 Å². The number of thiazole rings is 1. The Balaban J connectivity index is 1.98. The number of sulfonamides is 1. The lowest BCUT2D eigenvalue weighted by atomic mass is 10.2. The van der Waals surface area contributed by atoms with Crippen LogP contribution in [0, 0.1) is 24.0 Å². The Hall–Kier alpha value is -2.52. The Morgan fingerprint density at radius 3 is 2.62 bits per heavy atom. The van der Waals surface area contributed by atoms with Crippen molar-refractivity contribution in [3.05, 3.63) is 57.1 Å². The summed E-state index contributed by atoms with van der Waals surface area (Å²) in [6.07, 6.45) is 0. The molecule has 1 N–H and O–H groups in total. The van der Waals surface area contributed by atoms with Crippen molar-refractivity contribution >= 4 is 43.0 Å². The molecule has 0 bridgehead atoms. The number of aryl methyl sites for hydroxylation is 2. The number of nitro benzene ring substituents is 1. The van der Waals surface area contributed by atoms with Gasteiger partial charge in [0.05, 0.1) is 30.7 Å².